The van der Waals surface area contributed by atoms with E-state index in [0.717, 1.165) is 22.9 Å². The van der Waals surface area contributed by atoms with E-state index in [4.69, 9.17) is 4.98 Å². The minimum Gasteiger partial charge on any atom is -0.367 e. The molecule has 2 aromatic heterocycles. The third-order valence-corrected chi connectivity index (χ3v) is 4.85. The molecule has 0 aromatic carbocycles. The van der Waals surface area contributed by atoms with Gasteiger partial charge in [-0.25, -0.2) is 9.50 Å². The number of aryl methyl sites for hydroxylation is 1. The molecule has 0 saturated heterocycles. The first kappa shape index (κ1) is 17.7. The summed E-state index contributed by atoms with van der Waals surface area (Å²) < 4.78 is 1.92. The molecule has 0 atom stereocenters. The van der Waals surface area contributed by atoms with E-state index in [1.807, 2.05) is 36.6 Å². The molecule has 0 spiro atoms. The van der Waals surface area contributed by atoms with E-state index < -0.39 is 0 Å². The highest BCUT2D eigenvalue weighted by Gasteiger charge is 2.13. The Hall–Kier alpha value is -2.10. The average molecular weight is 338 g/mol. The zero-order valence-corrected chi connectivity index (χ0v) is 15.5. The Bertz CT molecular complexity index is 732. The first-order valence-corrected chi connectivity index (χ1v) is 9.69. The third-order valence-electron chi connectivity index (χ3n) is 4.85. The Kier molecular flexibility index (Phi) is 6.26. The van der Waals surface area contributed by atoms with Crippen molar-refractivity contribution in [2.45, 2.75) is 71.3 Å². The zero-order valence-electron chi connectivity index (χ0n) is 15.5. The molecule has 0 radical (unpaired) electrons. The molecule has 134 valence electrons. The van der Waals surface area contributed by atoms with E-state index in [2.05, 4.69) is 28.6 Å². The fraction of sp³-hybridized carbons (Fsp3) is 0.524. The van der Waals surface area contributed by atoms with Crippen LogP contribution in [0.25, 0.3) is 11.7 Å². The van der Waals surface area contributed by atoms with Crippen LogP contribution in [0.2, 0.25) is 0 Å². The van der Waals surface area contributed by atoms with Gasteiger partial charge in [0.05, 0.1) is 11.4 Å². The first-order valence-electron chi connectivity index (χ1n) is 9.69. The van der Waals surface area contributed by atoms with Gasteiger partial charge in [-0.1, -0.05) is 56.8 Å². The summed E-state index contributed by atoms with van der Waals surface area (Å²) in [6, 6.07) is 4.69. The second-order valence-corrected chi connectivity index (χ2v) is 7.05. The molecular formula is C21H30N4. The lowest BCUT2D eigenvalue weighted by Gasteiger charge is -2.19. The van der Waals surface area contributed by atoms with Crippen molar-refractivity contribution < 1.29 is 0 Å². The highest BCUT2D eigenvalue weighted by Crippen LogP contribution is 2.21. The van der Waals surface area contributed by atoms with Crippen LogP contribution in [0.4, 0.5) is 5.82 Å². The maximum atomic E-state index is 4.79. The molecule has 0 aliphatic heterocycles. The Morgan fingerprint density at radius 3 is 2.48 bits per heavy atom. The topological polar surface area (TPSA) is 42.2 Å². The summed E-state index contributed by atoms with van der Waals surface area (Å²) in [5, 5.41) is 8.28. The van der Waals surface area contributed by atoms with Crippen molar-refractivity contribution in [3.8, 4) is 0 Å². The molecule has 0 amide bonds. The molecule has 4 nitrogen and oxygen atoms in total. The molecule has 0 bridgehead atoms. The minimum atomic E-state index is 0.532. The molecular weight excluding hydrogens is 308 g/mol. The smallest absolute Gasteiger partial charge is 0.158 e. The van der Waals surface area contributed by atoms with E-state index in [-0.39, 0.29) is 0 Å². The van der Waals surface area contributed by atoms with E-state index in [1.54, 1.807) is 0 Å². The van der Waals surface area contributed by atoms with Crippen LogP contribution in [0.15, 0.2) is 30.4 Å². The standard InChI is InChI=1S/C21H30N4/c1-3-4-9-14-19-16-20(23-21-15-17(2)24-25(19)21)22-18-12-10-7-5-6-8-11-13-18/h3-4,9,14-16,18H,5-8,10-13H2,1-2H3,(H,22,23)/b4-3+,14-9-. The van der Waals surface area contributed by atoms with Crippen molar-refractivity contribution in [1.29, 1.82) is 0 Å². The number of hydrogen-bond acceptors (Lipinski definition) is 3. The predicted octanol–water partition coefficient (Wildman–Crippen LogP) is 5.54. The molecule has 0 unspecified atom stereocenters. The highest BCUT2D eigenvalue weighted by atomic mass is 15.3. The molecule has 1 fully saturated rings. The highest BCUT2D eigenvalue weighted by molar-refractivity contribution is 5.59. The van der Waals surface area contributed by atoms with Crippen molar-refractivity contribution in [3.05, 3.63) is 41.7 Å². The van der Waals surface area contributed by atoms with Crippen LogP contribution in [-0.4, -0.2) is 20.6 Å². The van der Waals surface area contributed by atoms with Gasteiger partial charge in [-0.05, 0) is 32.8 Å². The quantitative estimate of drug-likeness (QED) is 0.744. The van der Waals surface area contributed by atoms with Gasteiger partial charge in [0.25, 0.3) is 0 Å². The van der Waals surface area contributed by atoms with Crippen LogP contribution >= 0.6 is 0 Å². The van der Waals surface area contributed by atoms with Crippen LogP contribution < -0.4 is 5.32 Å². The second-order valence-electron chi connectivity index (χ2n) is 7.05. The van der Waals surface area contributed by atoms with Crippen molar-refractivity contribution in [2.24, 2.45) is 0 Å². The van der Waals surface area contributed by atoms with Crippen molar-refractivity contribution in [2.75, 3.05) is 5.32 Å². The van der Waals surface area contributed by atoms with Crippen LogP contribution in [0.3, 0.4) is 0 Å². The number of rotatable bonds is 4. The number of allylic oxidation sites excluding steroid dienone is 3. The van der Waals surface area contributed by atoms with E-state index in [9.17, 15) is 0 Å². The summed E-state index contributed by atoms with van der Waals surface area (Å²) in [6.07, 6.45) is 18.9. The van der Waals surface area contributed by atoms with Gasteiger partial charge < -0.3 is 5.32 Å². The van der Waals surface area contributed by atoms with Gasteiger partial charge in [0.2, 0.25) is 0 Å². The summed E-state index contributed by atoms with van der Waals surface area (Å²) in [5.74, 6) is 0.969. The number of anilines is 1. The number of nitrogens with one attached hydrogen (secondary N) is 1. The molecule has 2 heterocycles. The van der Waals surface area contributed by atoms with E-state index in [0.29, 0.717) is 6.04 Å². The summed E-state index contributed by atoms with van der Waals surface area (Å²) in [5.41, 5.74) is 2.96. The summed E-state index contributed by atoms with van der Waals surface area (Å²) in [4.78, 5) is 4.79. The van der Waals surface area contributed by atoms with Gasteiger partial charge in [-0.2, -0.15) is 5.10 Å². The third kappa shape index (κ3) is 4.94. The Morgan fingerprint density at radius 1 is 1.04 bits per heavy atom. The van der Waals surface area contributed by atoms with Crippen LogP contribution in [0.1, 0.15) is 69.7 Å². The van der Waals surface area contributed by atoms with Gasteiger partial charge in [-0.3, -0.25) is 0 Å². The van der Waals surface area contributed by atoms with Crippen molar-refractivity contribution >= 4 is 17.5 Å². The average Bonchev–Trinajstić information content (AvgIpc) is 3.02. The molecule has 4 heteroatoms. The fourth-order valence-corrected chi connectivity index (χ4v) is 3.56. The Morgan fingerprint density at radius 2 is 1.76 bits per heavy atom. The van der Waals surface area contributed by atoms with Gasteiger partial charge in [0.1, 0.15) is 5.82 Å². The number of aromatic nitrogens is 3. The van der Waals surface area contributed by atoms with E-state index >= 15 is 0 Å². The lowest BCUT2D eigenvalue weighted by atomic mass is 10.1. The van der Waals surface area contributed by atoms with Crippen molar-refractivity contribution in [1.82, 2.24) is 14.6 Å². The van der Waals surface area contributed by atoms with Gasteiger partial charge in [-0.15, -0.1) is 0 Å². The fourth-order valence-electron chi connectivity index (χ4n) is 3.56. The summed E-state index contributed by atoms with van der Waals surface area (Å²) in [7, 11) is 0. The van der Waals surface area contributed by atoms with Gasteiger partial charge in [0, 0.05) is 18.2 Å². The molecule has 1 saturated carbocycles. The van der Waals surface area contributed by atoms with Crippen LogP contribution in [-0.2, 0) is 0 Å². The number of hydrogen-bond donors (Lipinski definition) is 1. The molecule has 1 aliphatic rings. The molecule has 3 rings (SSSR count). The maximum absolute atomic E-state index is 4.79. The normalized spacial score (nSPS) is 17.8. The van der Waals surface area contributed by atoms with Crippen LogP contribution in [0, 0.1) is 6.92 Å². The largest absolute Gasteiger partial charge is 0.367 e. The number of fused-ring (bicyclic) bond motifs is 1. The van der Waals surface area contributed by atoms with E-state index in [1.165, 1.54) is 51.4 Å². The molecule has 2 aromatic rings. The summed E-state index contributed by atoms with van der Waals surface area (Å²) >= 11 is 0. The minimum absolute atomic E-state index is 0.532. The molecule has 1 N–H and O–H groups in total. The SMILES string of the molecule is C/C=C/C=C\c1cc(NC2CCCCCCCC2)nc2cc(C)nn12. The van der Waals surface area contributed by atoms with Crippen molar-refractivity contribution in [3.63, 3.8) is 0 Å². The maximum Gasteiger partial charge on any atom is 0.158 e. The van der Waals surface area contributed by atoms with Crippen LogP contribution in [0.5, 0.6) is 0 Å². The molecule has 1 aliphatic carbocycles. The Labute approximate surface area is 151 Å². The van der Waals surface area contributed by atoms with Gasteiger partial charge in [0.15, 0.2) is 5.65 Å². The number of nitrogens with zero attached hydrogens (tertiary/aromatic N) is 3. The van der Waals surface area contributed by atoms with Gasteiger partial charge >= 0.3 is 0 Å². The molecule has 25 heavy (non-hydrogen) atoms. The lowest BCUT2D eigenvalue weighted by Crippen LogP contribution is -2.20. The second kappa shape index (κ2) is 8.84. The summed E-state index contributed by atoms with van der Waals surface area (Å²) in [6.45, 7) is 4.04. The lowest BCUT2D eigenvalue weighted by molar-refractivity contribution is 0.561. The Balaban J connectivity index is 1.84. The first-order chi connectivity index (χ1) is 12.3. The predicted molar refractivity (Wildman–Crippen MR) is 106 cm³/mol. The monoisotopic (exact) mass is 338 g/mol. The zero-order chi connectivity index (χ0) is 17.5.